The maximum Gasteiger partial charge on any atom is 0.0521 e. The summed E-state index contributed by atoms with van der Waals surface area (Å²) in [5.74, 6) is 2.63. The molecule has 0 fully saturated rings. The number of terminal acetylenes is 1. The fraction of sp³-hybridized carbons (Fsp3) is 0.556. The largest absolute Gasteiger partial charge is 0.120 e. The van der Waals surface area contributed by atoms with Crippen molar-refractivity contribution in [1.82, 2.24) is 0 Å². The molecule has 0 aromatic rings. The number of rotatable bonds is 2. The molecule has 54 valence electrons. The zero-order valence-electron chi connectivity index (χ0n) is 5.94. The van der Waals surface area contributed by atoms with Crippen molar-refractivity contribution in [3.8, 4) is 12.3 Å². The molecule has 0 saturated carbocycles. The third-order valence-corrected chi connectivity index (χ3v) is 2.09. The molecule has 1 unspecified atom stereocenters. The van der Waals surface area contributed by atoms with Crippen LogP contribution in [0.1, 0.15) is 25.7 Å². The van der Waals surface area contributed by atoms with Crippen LogP contribution in [0.5, 0.6) is 0 Å². The van der Waals surface area contributed by atoms with Crippen molar-refractivity contribution in [3.05, 3.63) is 11.6 Å². The van der Waals surface area contributed by atoms with Crippen LogP contribution in [-0.2, 0) is 0 Å². The molecule has 0 aliphatic heterocycles. The van der Waals surface area contributed by atoms with Crippen LogP contribution in [0.25, 0.3) is 0 Å². The van der Waals surface area contributed by atoms with E-state index in [0.717, 1.165) is 25.7 Å². The molecule has 0 saturated heterocycles. The van der Waals surface area contributed by atoms with Gasteiger partial charge in [-0.2, -0.15) is 0 Å². The highest BCUT2D eigenvalue weighted by Crippen LogP contribution is 2.25. The number of halogens is 1. The van der Waals surface area contributed by atoms with Gasteiger partial charge in [0.2, 0.25) is 0 Å². The Morgan fingerprint density at radius 3 is 3.10 bits per heavy atom. The Bertz CT molecular complexity index is 174. The molecule has 0 radical (unpaired) electrons. The molecule has 0 spiro atoms. The van der Waals surface area contributed by atoms with Gasteiger partial charge in [0.15, 0.2) is 0 Å². The van der Waals surface area contributed by atoms with Crippen molar-refractivity contribution < 1.29 is 0 Å². The van der Waals surface area contributed by atoms with Gasteiger partial charge in [-0.1, -0.05) is 11.6 Å². The Hall–Kier alpha value is -0.410. The van der Waals surface area contributed by atoms with Gasteiger partial charge in [0, 0.05) is 6.42 Å². The second-order valence-corrected chi connectivity index (χ2v) is 3.14. The molecular weight excluding hydrogens is 144 g/mol. The van der Waals surface area contributed by atoms with Gasteiger partial charge in [-0.25, -0.2) is 0 Å². The number of hydrogen-bond donors (Lipinski definition) is 0. The van der Waals surface area contributed by atoms with Crippen LogP contribution < -0.4 is 0 Å². The molecule has 0 nitrogen and oxygen atoms in total. The van der Waals surface area contributed by atoms with E-state index < -0.39 is 0 Å². The fourth-order valence-electron chi connectivity index (χ4n) is 1.19. The van der Waals surface area contributed by atoms with Crippen LogP contribution in [0.15, 0.2) is 11.6 Å². The van der Waals surface area contributed by atoms with Crippen molar-refractivity contribution in [2.24, 2.45) is 0 Å². The molecule has 1 aliphatic carbocycles. The Morgan fingerprint density at radius 2 is 2.60 bits per heavy atom. The van der Waals surface area contributed by atoms with E-state index >= 15 is 0 Å². The monoisotopic (exact) mass is 154 g/mol. The molecule has 0 aromatic heterocycles. The fourth-order valence-corrected chi connectivity index (χ4v) is 1.47. The quantitative estimate of drug-likeness (QED) is 0.326. The second-order valence-electron chi connectivity index (χ2n) is 2.58. The van der Waals surface area contributed by atoms with Gasteiger partial charge in [0.05, 0.1) is 5.38 Å². The van der Waals surface area contributed by atoms with Crippen LogP contribution in [0.4, 0.5) is 0 Å². The van der Waals surface area contributed by atoms with E-state index in [0.29, 0.717) is 0 Å². The van der Waals surface area contributed by atoms with Crippen LogP contribution in [-0.4, -0.2) is 5.38 Å². The summed E-state index contributed by atoms with van der Waals surface area (Å²) in [5, 5.41) is 0.271. The maximum absolute atomic E-state index is 5.86. The lowest BCUT2D eigenvalue weighted by molar-refractivity contribution is 0.865. The average molecular weight is 155 g/mol. The minimum Gasteiger partial charge on any atom is -0.120 e. The van der Waals surface area contributed by atoms with Gasteiger partial charge in [0.25, 0.3) is 0 Å². The van der Waals surface area contributed by atoms with Crippen LogP contribution in [0, 0.1) is 12.3 Å². The SMILES string of the molecule is C#CCCC1=CC(Cl)CC1. The predicted molar refractivity (Wildman–Crippen MR) is 45.0 cm³/mol. The molecular formula is C9H11Cl. The zero-order chi connectivity index (χ0) is 7.40. The molecule has 10 heavy (non-hydrogen) atoms. The topological polar surface area (TPSA) is 0 Å². The molecule has 1 rings (SSSR count). The minimum absolute atomic E-state index is 0.271. The third-order valence-electron chi connectivity index (χ3n) is 1.75. The first kappa shape index (κ1) is 7.69. The van der Waals surface area contributed by atoms with E-state index in [9.17, 15) is 0 Å². The Balaban J connectivity index is 2.30. The van der Waals surface area contributed by atoms with Gasteiger partial charge in [-0.3, -0.25) is 0 Å². The first-order valence-corrected chi connectivity index (χ1v) is 4.03. The van der Waals surface area contributed by atoms with Gasteiger partial charge >= 0.3 is 0 Å². The van der Waals surface area contributed by atoms with E-state index in [4.69, 9.17) is 18.0 Å². The zero-order valence-corrected chi connectivity index (χ0v) is 6.69. The number of alkyl halides is 1. The minimum atomic E-state index is 0.271. The summed E-state index contributed by atoms with van der Waals surface area (Å²) in [7, 11) is 0. The molecule has 1 heteroatoms. The van der Waals surface area contributed by atoms with Gasteiger partial charge < -0.3 is 0 Å². The second kappa shape index (κ2) is 3.68. The smallest absolute Gasteiger partial charge is 0.0521 e. The van der Waals surface area contributed by atoms with Crippen molar-refractivity contribution >= 4 is 11.6 Å². The predicted octanol–water partition coefficient (Wildman–Crippen LogP) is 2.73. The maximum atomic E-state index is 5.86. The number of allylic oxidation sites excluding steroid dienone is 2. The molecule has 0 amide bonds. The Labute approximate surface area is 67.3 Å². The van der Waals surface area contributed by atoms with Crippen molar-refractivity contribution in [2.75, 3.05) is 0 Å². The highest BCUT2D eigenvalue weighted by molar-refractivity contribution is 6.22. The summed E-state index contributed by atoms with van der Waals surface area (Å²) >= 11 is 5.86. The van der Waals surface area contributed by atoms with E-state index in [2.05, 4.69) is 12.0 Å². The summed E-state index contributed by atoms with van der Waals surface area (Å²) in [6, 6.07) is 0. The standard InChI is InChI=1S/C9H11Cl/c1-2-3-4-8-5-6-9(10)7-8/h1,7,9H,3-6H2. The molecule has 0 N–H and O–H groups in total. The van der Waals surface area contributed by atoms with Crippen molar-refractivity contribution in [1.29, 1.82) is 0 Å². The lowest BCUT2D eigenvalue weighted by atomic mass is 10.1. The van der Waals surface area contributed by atoms with E-state index in [1.807, 2.05) is 0 Å². The Kier molecular flexibility index (Phi) is 2.83. The van der Waals surface area contributed by atoms with Crippen molar-refractivity contribution in [3.63, 3.8) is 0 Å². The van der Waals surface area contributed by atoms with E-state index in [-0.39, 0.29) is 5.38 Å². The van der Waals surface area contributed by atoms with Crippen LogP contribution >= 0.6 is 11.6 Å². The van der Waals surface area contributed by atoms with Gasteiger partial charge in [0.1, 0.15) is 0 Å². The summed E-state index contributed by atoms with van der Waals surface area (Å²) in [6.07, 6.45) is 11.4. The van der Waals surface area contributed by atoms with Gasteiger partial charge in [-0.15, -0.1) is 23.9 Å². The lowest BCUT2D eigenvalue weighted by Gasteiger charge is -1.93. The molecule has 1 aliphatic rings. The summed E-state index contributed by atoms with van der Waals surface area (Å²) < 4.78 is 0. The van der Waals surface area contributed by atoms with E-state index in [1.165, 1.54) is 5.57 Å². The summed E-state index contributed by atoms with van der Waals surface area (Å²) in [4.78, 5) is 0. The van der Waals surface area contributed by atoms with Crippen molar-refractivity contribution in [2.45, 2.75) is 31.1 Å². The average Bonchev–Trinajstić information content (AvgIpc) is 2.31. The summed E-state index contributed by atoms with van der Waals surface area (Å²) in [5.41, 5.74) is 1.44. The van der Waals surface area contributed by atoms with Gasteiger partial charge in [-0.05, 0) is 19.3 Å². The van der Waals surface area contributed by atoms with Crippen LogP contribution in [0.3, 0.4) is 0 Å². The first-order valence-electron chi connectivity index (χ1n) is 3.60. The molecule has 0 bridgehead atoms. The third kappa shape index (κ3) is 2.08. The highest BCUT2D eigenvalue weighted by atomic mass is 35.5. The molecule has 0 heterocycles. The van der Waals surface area contributed by atoms with E-state index in [1.54, 1.807) is 0 Å². The van der Waals surface area contributed by atoms with Crippen LogP contribution in [0.2, 0.25) is 0 Å². The number of hydrogen-bond acceptors (Lipinski definition) is 0. The lowest BCUT2D eigenvalue weighted by Crippen LogP contribution is -1.81. The highest BCUT2D eigenvalue weighted by Gasteiger charge is 2.11. The normalized spacial score (nSPS) is 24.0. The first-order chi connectivity index (χ1) is 4.83. The Morgan fingerprint density at radius 1 is 1.80 bits per heavy atom. The summed E-state index contributed by atoms with van der Waals surface area (Å²) in [6.45, 7) is 0. The molecule has 1 atom stereocenters. The molecule has 0 aromatic carbocycles.